The quantitative estimate of drug-likeness (QED) is 0.796. The minimum atomic E-state index is -4.77. The summed E-state index contributed by atoms with van der Waals surface area (Å²) >= 11 is 0. The molecule has 0 radical (unpaired) electrons. The van der Waals surface area contributed by atoms with Crippen LogP contribution < -0.4 is 5.32 Å². The van der Waals surface area contributed by atoms with Crippen LogP contribution in [0, 0.1) is 5.92 Å². The molecule has 0 bridgehead atoms. The van der Waals surface area contributed by atoms with Gasteiger partial charge < -0.3 is 0 Å². The van der Waals surface area contributed by atoms with E-state index in [9.17, 15) is 31.2 Å². The molecule has 2 heterocycles. The standard InChI is InChI=1S/C11H9F3N2O4S/c12-11(13,14)8-1-2-15-3-7(8)10(18)16-9(17)6-4-21(19,20)5-6/h1-3,6H,4-5H2,(H,16,17,18). The summed E-state index contributed by atoms with van der Waals surface area (Å²) in [6.07, 6.45) is -3.19. The Hall–Kier alpha value is -1.97. The Morgan fingerprint density at radius 1 is 1.29 bits per heavy atom. The number of pyridine rings is 1. The maximum atomic E-state index is 12.7. The maximum Gasteiger partial charge on any atom is 0.417 e. The molecule has 1 fully saturated rings. The Morgan fingerprint density at radius 2 is 1.90 bits per heavy atom. The van der Waals surface area contributed by atoms with E-state index in [2.05, 4.69) is 4.98 Å². The Morgan fingerprint density at radius 3 is 2.43 bits per heavy atom. The van der Waals surface area contributed by atoms with Crippen molar-refractivity contribution in [3.8, 4) is 0 Å². The average Bonchev–Trinajstić information content (AvgIpc) is 2.34. The zero-order valence-corrected chi connectivity index (χ0v) is 11.2. The highest BCUT2D eigenvalue weighted by Gasteiger charge is 2.40. The third-order valence-electron chi connectivity index (χ3n) is 2.89. The molecule has 0 aromatic carbocycles. The fourth-order valence-corrected chi connectivity index (χ4v) is 3.25. The van der Waals surface area contributed by atoms with E-state index in [1.807, 2.05) is 0 Å². The van der Waals surface area contributed by atoms with Crippen molar-refractivity contribution in [1.29, 1.82) is 0 Å². The first-order valence-corrected chi connectivity index (χ1v) is 7.49. The van der Waals surface area contributed by atoms with Crippen molar-refractivity contribution in [1.82, 2.24) is 10.3 Å². The van der Waals surface area contributed by atoms with Crippen molar-refractivity contribution >= 4 is 21.7 Å². The molecule has 21 heavy (non-hydrogen) atoms. The lowest BCUT2D eigenvalue weighted by atomic mass is 10.1. The van der Waals surface area contributed by atoms with E-state index in [4.69, 9.17) is 0 Å². The van der Waals surface area contributed by atoms with Crippen molar-refractivity contribution in [2.75, 3.05) is 11.5 Å². The summed E-state index contributed by atoms with van der Waals surface area (Å²) in [6, 6.07) is 0.618. The van der Waals surface area contributed by atoms with E-state index in [-0.39, 0.29) is 0 Å². The van der Waals surface area contributed by atoms with Crippen LogP contribution in [0.25, 0.3) is 0 Å². The normalized spacial score (nSPS) is 17.9. The highest BCUT2D eigenvalue weighted by molar-refractivity contribution is 7.92. The van der Waals surface area contributed by atoms with Gasteiger partial charge in [-0.05, 0) is 6.07 Å². The summed E-state index contributed by atoms with van der Waals surface area (Å²) < 4.78 is 60.0. The molecular weight excluding hydrogens is 313 g/mol. The molecule has 114 valence electrons. The number of hydrogen-bond acceptors (Lipinski definition) is 5. The summed E-state index contributed by atoms with van der Waals surface area (Å²) in [4.78, 5) is 26.7. The second-order valence-electron chi connectivity index (χ2n) is 4.51. The van der Waals surface area contributed by atoms with Crippen molar-refractivity contribution in [3.63, 3.8) is 0 Å². The monoisotopic (exact) mass is 322 g/mol. The number of nitrogens with zero attached hydrogens (tertiary/aromatic N) is 1. The number of carbonyl (C=O) groups excluding carboxylic acids is 2. The molecule has 10 heteroatoms. The van der Waals surface area contributed by atoms with Crippen molar-refractivity contribution < 1.29 is 31.2 Å². The van der Waals surface area contributed by atoms with Crippen LogP contribution in [0.4, 0.5) is 13.2 Å². The van der Waals surface area contributed by atoms with Gasteiger partial charge in [0.15, 0.2) is 9.84 Å². The summed E-state index contributed by atoms with van der Waals surface area (Å²) in [5, 5.41) is 1.77. The van der Waals surface area contributed by atoms with Crippen molar-refractivity contribution in [2.45, 2.75) is 6.18 Å². The number of rotatable bonds is 2. The molecule has 1 aliphatic heterocycles. The smallest absolute Gasteiger partial charge is 0.292 e. The minimum absolute atomic E-state index is 0.411. The number of alkyl halides is 3. The fourth-order valence-electron chi connectivity index (χ4n) is 1.82. The zero-order valence-electron chi connectivity index (χ0n) is 10.3. The summed E-state index contributed by atoms with van der Waals surface area (Å²) in [5.41, 5.74) is -2.01. The Labute approximate surface area is 117 Å². The van der Waals surface area contributed by atoms with Gasteiger partial charge in [-0.1, -0.05) is 0 Å². The van der Waals surface area contributed by atoms with Gasteiger partial charge in [-0.3, -0.25) is 19.9 Å². The van der Waals surface area contributed by atoms with Gasteiger partial charge in [0.25, 0.3) is 5.91 Å². The average molecular weight is 322 g/mol. The van der Waals surface area contributed by atoms with Crippen LogP contribution in [0.2, 0.25) is 0 Å². The molecule has 1 aromatic rings. The van der Waals surface area contributed by atoms with Gasteiger partial charge in [-0.25, -0.2) is 8.42 Å². The highest BCUT2D eigenvalue weighted by atomic mass is 32.2. The number of aromatic nitrogens is 1. The molecule has 1 aromatic heterocycles. The number of sulfone groups is 1. The van der Waals surface area contributed by atoms with E-state index < -0.39 is 56.4 Å². The molecule has 1 aliphatic rings. The molecular formula is C11H9F3N2O4S. The van der Waals surface area contributed by atoms with Crippen LogP contribution in [-0.2, 0) is 20.8 Å². The molecule has 2 amide bonds. The van der Waals surface area contributed by atoms with E-state index in [1.165, 1.54) is 0 Å². The molecule has 0 spiro atoms. The lowest BCUT2D eigenvalue weighted by Gasteiger charge is -2.24. The molecule has 0 unspecified atom stereocenters. The van der Waals surface area contributed by atoms with Gasteiger partial charge in [0.2, 0.25) is 5.91 Å². The number of imide groups is 1. The molecule has 0 saturated carbocycles. The third kappa shape index (κ3) is 3.38. The van der Waals surface area contributed by atoms with E-state index in [0.717, 1.165) is 6.20 Å². The topological polar surface area (TPSA) is 93.2 Å². The van der Waals surface area contributed by atoms with Crippen LogP contribution in [0.1, 0.15) is 15.9 Å². The lowest BCUT2D eigenvalue weighted by Crippen LogP contribution is -2.48. The number of nitrogens with one attached hydrogen (secondary N) is 1. The van der Waals surface area contributed by atoms with Gasteiger partial charge in [0, 0.05) is 12.4 Å². The van der Waals surface area contributed by atoms with Gasteiger partial charge in [-0.15, -0.1) is 0 Å². The largest absolute Gasteiger partial charge is 0.417 e. The van der Waals surface area contributed by atoms with E-state index in [0.29, 0.717) is 12.3 Å². The highest BCUT2D eigenvalue weighted by Crippen LogP contribution is 2.31. The van der Waals surface area contributed by atoms with Crippen LogP contribution in [-0.4, -0.2) is 36.7 Å². The van der Waals surface area contributed by atoms with E-state index in [1.54, 1.807) is 5.32 Å². The number of carbonyl (C=O) groups is 2. The molecule has 2 rings (SSSR count). The predicted molar refractivity (Wildman–Crippen MR) is 63.9 cm³/mol. The van der Waals surface area contributed by atoms with Gasteiger partial charge >= 0.3 is 6.18 Å². The fraction of sp³-hybridized carbons (Fsp3) is 0.364. The summed E-state index contributed by atoms with van der Waals surface area (Å²) in [5.74, 6) is -3.90. The summed E-state index contributed by atoms with van der Waals surface area (Å²) in [6.45, 7) is 0. The number of halogens is 3. The first-order chi connectivity index (χ1) is 9.60. The Balaban J connectivity index is 2.13. The van der Waals surface area contributed by atoms with Gasteiger partial charge in [0.05, 0.1) is 28.6 Å². The Kier molecular flexibility index (Phi) is 3.74. The van der Waals surface area contributed by atoms with Crippen molar-refractivity contribution in [3.05, 3.63) is 29.6 Å². The predicted octanol–water partition coefficient (Wildman–Crippen LogP) is 0.401. The molecule has 0 atom stereocenters. The van der Waals surface area contributed by atoms with Gasteiger partial charge in [0.1, 0.15) is 0 Å². The lowest BCUT2D eigenvalue weighted by molar-refractivity contribution is -0.138. The molecule has 1 N–H and O–H groups in total. The van der Waals surface area contributed by atoms with Gasteiger partial charge in [-0.2, -0.15) is 13.2 Å². The number of amides is 2. The first-order valence-electron chi connectivity index (χ1n) is 5.67. The van der Waals surface area contributed by atoms with Crippen LogP contribution in [0.3, 0.4) is 0 Å². The second kappa shape index (κ2) is 5.10. The summed E-state index contributed by atoms with van der Waals surface area (Å²) in [7, 11) is -3.27. The second-order valence-corrected chi connectivity index (χ2v) is 6.67. The van der Waals surface area contributed by atoms with Crippen LogP contribution in [0.15, 0.2) is 18.5 Å². The first kappa shape index (κ1) is 15.4. The molecule has 6 nitrogen and oxygen atoms in total. The minimum Gasteiger partial charge on any atom is -0.292 e. The van der Waals surface area contributed by atoms with E-state index >= 15 is 0 Å². The Bertz CT molecular complexity index is 688. The zero-order chi connectivity index (χ0) is 15.8. The molecule has 1 saturated heterocycles. The third-order valence-corrected chi connectivity index (χ3v) is 4.71. The van der Waals surface area contributed by atoms with Crippen molar-refractivity contribution in [2.24, 2.45) is 5.92 Å². The number of hydrogen-bond donors (Lipinski definition) is 1. The maximum absolute atomic E-state index is 12.7. The SMILES string of the molecule is O=C(NC(=O)C1CS(=O)(=O)C1)c1cnccc1C(F)(F)F. The molecule has 0 aliphatic carbocycles. The van der Waals surface area contributed by atoms with Crippen LogP contribution in [0.5, 0.6) is 0 Å². The van der Waals surface area contributed by atoms with Crippen LogP contribution >= 0.6 is 0 Å².